The van der Waals surface area contributed by atoms with Gasteiger partial charge in [-0.2, -0.15) is 0 Å². The lowest BCUT2D eigenvalue weighted by Gasteiger charge is -2.19. The number of nitrogens with zero attached hydrogens (tertiary/aromatic N) is 2. The molecule has 20 heavy (non-hydrogen) atoms. The van der Waals surface area contributed by atoms with Gasteiger partial charge in [-0.1, -0.05) is 6.92 Å². The van der Waals surface area contributed by atoms with Gasteiger partial charge in [0.1, 0.15) is 5.82 Å². The van der Waals surface area contributed by atoms with Gasteiger partial charge in [-0.25, -0.2) is 4.39 Å². The van der Waals surface area contributed by atoms with Crippen molar-refractivity contribution >= 4 is 5.69 Å². The molecule has 0 saturated carbocycles. The van der Waals surface area contributed by atoms with Gasteiger partial charge in [-0.3, -0.25) is 9.97 Å². The summed E-state index contributed by atoms with van der Waals surface area (Å²) in [7, 11) is 0. The Bertz CT molecular complexity index is 559. The maximum atomic E-state index is 13.9. The second-order valence-electron chi connectivity index (χ2n) is 4.66. The van der Waals surface area contributed by atoms with E-state index in [-0.39, 0.29) is 11.9 Å². The predicted octanol–water partition coefficient (Wildman–Crippen LogP) is 2.48. The molecule has 106 valence electrons. The van der Waals surface area contributed by atoms with Crippen LogP contribution in [0.4, 0.5) is 10.1 Å². The third kappa shape index (κ3) is 3.51. The minimum atomic E-state index is -0.302. The molecule has 4 nitrogen and oxygen atoms in total. The molecule has 0 spiro atoms. The largest absolute Gasteiger partial charge is 0.398 e. The molecular weight excluding hydrogens is 255 g/mol. The van der Waals surface area contributed by atoms with Crippen molar-refractivity contribution in [3.8, 4) is 0 Å². The highest BCUT2D eigenvalue weighted by molar-refractivity contribution is 5.45. The van der Waals surface area contributed by atoms with Crippen LogP contribution in [0.3, 0.4) is 0 Å². The summed E-state index contributed by atoms with van der Waals surface area (Å²) in [4.78, 5) is 8.23. The molecule has 0 saturated heterocycles. The molecule has 0 bridgehead atoms. The first-order valence-corrected chi connectivity index (χ1v) is 6.74. The summed E-state index contributed by atoms with van der Waals surface area (Å²) in [5.74, 6) is -0.302. The van der Waals surface area contributed by atoms with Gasteiger partial charge in [0, 0.05) is 24.3 Å². The van der Waals surface area contributed by atoms with Crippen molar-refractivity contribution in [3.63, 3.8) is 0 Å². The quantitative estimate of drug-likeness (QED) is 0.849. The summed E-state index contributed by atoms with van der Waals surface area (Å²) in [5, 5.41) is 3.32. The highest BCUT2D eigenvalue weighted by Crippen LogP contribution is 2.21. The molecule has 0 fully saturated rings. The van der Waals surface area contributed by atoms with Crippen LogP contribution in [0.1, 0.15) is 30.6 Å². The molecule has 2 aromatic heterocycles. The Morgan fingerprint density at radius 1 is 1.35 bits per heavy atom. The minimum Gasteiger partial charge on any atom is -0.398 e. The third-order valence-electron chi connectivity index (χ3n) is 3.12. The number of aromatic nitrogens is 2. The Hall–Kier alpha value is -2.01. The zero-order chi connectivity index (χ0) is 14.4. The Balaban J connectivity index is 2.24. The van der Waals surface area contributed by atoms with Gasteiger partial charge in [0.15, 0.2) is 0 Å². The summed E-state index contributed by atoms with van der Waals surface area (Å²) >= 11 is 0. The Morgan fingerprint density at radius 2 is 2.20 bits per heavy atom. The fourth-order valence-electron chi connectivity index (χ4n) is 2.07. The Labute approximate surface area is 118 Å². The number of nitrogen functional groups attached to an aromatic ring is 1. The molecule has 5 heteroatoms. The SMILES string of the molecule is CCCNC(Cc1cnccc1N)c1ncccc1F. The van der Waals surface area contributed by atoms with Crippen molar-refractivity contribution in [1.82, 2.24) is 15.3 Å². The average Bonchev–Trinajstić information content (AvgIpc) is 2.46. The van der Waals surface area contributed by atoms with E-state index in [9.17, 15) is 4.39 Å². The predicted molar refractivity (Wildman–Crippen MR) is 77.6 cm³/mol. The molecule has 2 aromatic rings. The molecule has 2 rings (SSSR count). The van der Waals surface area contributed by atoms with Crippen LogP contribution in [0.25, 0.3) is 0 Å². The van der Waals surface area contributed by atoms with Crippen LogP contribution in [0.5, 0.6) is 0 Å². The van der Waals surface area contributed by atoms with Crippen LogP contribution < -0.4 is 11.1 Å². The van der Waals surface area contributed by atoms with E-state index in [0.717, 1.165) is 18.5 Å². The number of hydrogen-bond donors (Lipinski definition) is 2. The minimum absolute atomic E-state index is 0.206. The molecule has 3 N–H and O–H groups in total. The van der Waals surface area contributed by atoms with Crippen LogP contribution >= 0.6 is 0 Å². The van der Waals surface area contributed by atoms with Crippen molar-refractivity contribution in [2.45, 2.75) is 25.8 Å². The van der Waals surface area contributed by atoms with Crippen molar-refractivity contribution in [3.05, 3.63) is 53.9 Å². The highest BCUT2D eigenvalue weighted by Gasteiger charge is 2.18. The van der Waals surface area contributed by atoms with Crippen LogP contribution in [0.15, 0.2) is 36.8 Å². The first-order valence-electron chi connectivity index (χ1n) is 6.74. The zero-order valence-corrected chi connectivity index (χ0v) is 11.5. The van der Waals surface area contributed by atoms with E-state index in [2.05, 4.69) is 22.2 Å². The monoisotopic (exact) mass is 274 g/mol. The van der Waals surface area contributed by atoms with E-state index < -0.39 is 0 Å². The Kier molecular flexibility index (Phi) is 5.01. The van der Waals surface area contributed by atoms with Crippen LogP contribution in [-0.2, 0) is 6.42 Å². The third-order valence-corrected chi connectivity index (χ3v) is 3.12. The molecular formula is C15H19FN4. The average molecular weight is 274 g/mol. The summed E-state index contributed by atoms with van der Waals surface area (Å²) in [5.41, 5.74) is 7.91. The van der Waals surface area contributed by atoms with Crippen LogP contribution in [0.2, 0.25) is 0 Å². The zero-order valence-electron chi connectivity index (χ0n) is 11.5. The second kappa shape index (κ2) is 6.96. The number of halogens is 1. The fourth-order valence-corrected chi connectivity index (χ4v) is 2.07. The van der Waals surface area contributed by atoms with E-state index in [0.29, 0.717) is 17.8 Å². The molecule has 0 aromatic carbocycles. The van der Waals surface area contributed by atoms with Crippen molar-refractivity contribution < 1.29 is 4.39 Å². The second-order valence-corrected chi connectivity index (χ2v) is 4.66. The first kappa shape index (κ1) is 14.4. The van der Waals surface area contributed by atoms with Crippen LogP contribution in [0, 0.1) is 5.82 Å². The van der Waals surface area contributed by atoms with Crippen molar-refractivity contribution in [2.24, 2.45) is 0 Å². The van der Waals surface area contributed by atoms with Gasteiger partial charge in [-0.15, -0.1) is 0 Å². The topological polar surface area (TPSA) is 63.8 Å². The van der Waals surface area contributed by atoms with Crippen LogP contribution in [-0.4, -0.2) is 16.5 Å². The van der Waals surface area contributed by atoms with E-state index in [1.807, 2.05) is 0 Å². The number of rotatable bonds is 6. The van der Waals surface area contributed by atoms with Gasteiger partial charge >= 0.3 is 0 Å². The lowest BCUT2D eigenvalue weighted by molar-refractivity contribution is 0.483. The number of nitrogens with one attached hydrogen (secondary N) is 1. The van der Waals surface area contributed by atoms with E-state index in [4.69, 9.17) is 5.73 Å². The van der Waals surface area contributed by atoms with Crippen molar-refractivity contribution in [2.75, 3.05) is 12.3 Å². The fraction of sp³-hybridized carbons (Fsp3) is 0.333. The van der Waals surface area contributed by atoms with Gasteiger partial charge in [-0.05, 0) is 43.1 Å². The van der Waals surface area contributed by atoms with Gasteiger partial charge in [0.25, 0.3) is 0 Å². The van der Waals surface area contributed by atoms with E-state index in [1.54, 1.807) is 30.7 Å². The molecule has 1 atom stereocenters. The summed E-state index contributed by atoms with van der Waals surface area (Å²) in [6.45, 7) is 2.86. The molecule has 0 aliphatic heterocycles. The Morgan fingerprint density at radius 3 is 2.90 bits per heavy atom. The molecule has 0 amide bonds. The van der Waals surface area contributed by atoms with Crippen molar-refractivity contribution in [1.29, 1.82) is 0 Å². The first-order chi connectivity index (χ1) is 9.72. The summed E-state index contributed by atoms with van der Waals surface area (Å²) < 4.78 is 13.9. The number of anilines is 1. The van der Waals surface area contributed by atoms with Gasteiger partial charge in [0.2, 0.25) is 0 Å². The molecule has 2 heterocycles. The highest BCUT2D eigenvalue weighted by atomic mass is 19.1. The van der Waals surface area contributed by atoms with E-state index in [1.165, 1.54) is 6.07 Å². The number of pyridine rings is 2. The normalized spacial score (nSPS) is 12.3. The summed E-state index contributed by atoms with van der Waals surface area (Å²) in [6, 6.07) is 4.56. The lowest BCUT2D eigenvalue weighted by atomic mass is 10.0. The van der Waals surface area contributed by atoms with E-state index >= 15 is 0 Å². The van der Waals surface area contributed by atoms with Gasteiger partial charge < -0.3 is 11.1 Å². The lowest BCUT2D eigenvalue weighted by Crippen LogP contribution is -2.26. The number of nitrogens with two attached hydrogens (primary N) is 1. The maximum Gasteiger partial charge on any atom is 0.146 e. The molecule has 0 aliphatic carbocycles. The summed E-state index contributed by atoms with van der Waals surface area (Å²) in [6.07, 6.45) is 6.50. The number of hydrogen-bond acceptors (Lipinski definition) is 4. The maximum absolute atomic E-state index is 13.9. The standard InChI is InChI=1S/C15H19FN4/c1-2-6-19-14(15-12(16)4-3-7-20-15)9-11-10-18-8-5-13(11)17/h3-5,7-8,10,14,19H,2,6,9H2,1H3,(H2,17,18). The molecule has 1 unspecified atom stereocenters. The van der Waals surface area contributed by atoms with Gasteiger partial charge in [0.05, 0.1) is 11.7 Å². The molecule has 0 radical (unpaired) electrons. The smallest absolute Gasteiger partial charge is 0.146 e. The molecule has 0 aliphatic rings.